The highest BCUT2D eigenvalue weighted by Crippen LogP contribution is 2.74. The number of aromatic hydroxyl groups is 10. The standard InChI is InChI=1S/C56H42O12/c57-31-9-1-25(2-10-31)43-47-39(65)23-41-49(45(29-17-35(61)21-36(62)18-29)55(67-41)27-5-13-33(59)14-6-27)53(47)52-44(26-3-11-32(58)12-4-26)51(43)54-48(52)40(66)24-42-50(54)46(30-19-37(63)22-38(64)20-30)56(68-42)28-7-15-34(60)16-8-28/h1-24,43-46,51-52,55-66H/t43-,44-,45+,46+,51+,52-,55-,56-/m0/s1. The van der Waals surface area contributed by atoms with Crippen LogP contribution in [0.3, 0.4) is 0 Å². The minimum atomic E-state index is -0.813. The van der Waals surface area contributed by atoms with Gasteiger partial charge in [0.15, 0.2) is 0 Å². The molecule has 2 aliphatic heterocycles. The zero-order valence-electron chi connectivity index (χ0n) is 35.8. The summed E-state index contributed by atoms with van der Waals surface area (Å²) in [5, 5.41) is 112. The fourth-order valence-electron chi connectivity index (χ4n) is 12.0. The van der Waals surface area contributed by atoms with Crippen molar-refractivity contribution >= 4 is 0 Å². The van der Waals surface area contributed by atoms with Crippen molar-refractivity contribution in [2.24, 2.45) is 0 Å². The highest BCUT2D eigenvalue weighted by Gasteiger charge is 2.59. The first-order chi connectivity index (χ1) is 32.8. The van der Waals surface area contributed by atoms with Crippen molar-refractivity contribution in [3.63, 3.8) is 0 Å². The second-order valence-electron chi connectivity index (χ2n) is 18.2. The molecule has 2 aliphatic carbocycles. The average molecular weight is 907 g/mol. The molecular formula is C56H42O12. The number of benzene rings is 8. The second-order valence-corrected chi connectivity index (χ2v) is 18.2. The Balaban J connectivity index is 1.21. The molecule has 12 rings (SSSR count). The van der Waals surface area contributed by atoms with Crippen molar-refractivity contribution in [2.75, 3.05) is 0 Å². The molecule has 10 N–H and O–H groups in total. The average Bonchev–Trinajstić information content (AvgIpc) is 3.95. The molecule has 4 aliphatic rings. The first-order valence-corrected chi connectivity index (χ1v) is 22.2. The fraction of sp³-hybridized carbons (Fsp3) is 0.143. The number of hydrogen-bond acceptors (Lipinski definition) is 12. The van der Waals surface area contributed by atoms with Crippen molar-refractivity contribution in [2.45, 2.75) is 47.7 Å². The van der Waals surface area contributed by atoms with Gasteiger partial charge in [0.1, 0.15) is 81.2 Å². The van der Waals surface area contributed by atoms with E-state index < -0.39 is 47.7 Å². The van der Waals surface area contributed by atoms with Crippen molar-refractivity contribution in [1.82, 2.24) is 0 Å². The number of phenols is 10. The zero-order valence-corrected chi connectivity index (χ0v) is 35.8. The molecule has 0 fully saturated rings. The molecule has 0 saturated carbocycles. The van der Waals surface area contributed by atoms with Gasteiger partial charge in [0.05, 0.1) is 11.8 Å². The van der Waals surface area contributed by atoms with Gasteiger partial charge >= 0.3 is 0 Å². The Morgan fingerprint density at radius 3 is 1.01 bits per heavy atom. The van der Waals surface area contributed by atoms with Crippen molar-refractivity contribution < 1.29 is 60.5 Å². The maximum absolute atomic E-state index is 12.8. The van der Waals surface area contributed by atoms with E-state index in [0.717, 1.165) is 5.56 Å². The van der Waals surface area contributed by atoms with Gasteiger partial charge in [0.2, 0.25) is 0 Å². The Morgan fingerprint density at radius 1 is 0.250 bits per heavy atom. The molecule has 0 amide bonds. The summed E-state index contributed by atoms with van der Waals surface area (Å²) in [4.78, 5) is 0. The number of fused-ring (bicyclic) bond motifs is 11. The predicted octanol–water partition coefficient (Wildman–Crippen LogP) is 10.4. The second kappa shape index (κ2) is 14.9. The van der Waals surface area contributed by atoms with E-state index in [2.05, 4.69) is 0 Å². The van der Waals surface area contributed by atoms with Crippen LogP contribution in [0.4, 0.5) is 0 Å². The van der Waals surface area contributed by atoms with Crippen molar-refractivity contribution in [3.05, 3.63) is 212 Å². The molecule has 12 nitrogen and oxygen atoms in total. The van der Waals surface area contributed by atoms with E-state index in [1.165, 1.54) is 12.1 Å². The molecule has 2 heterocycles. The minimum Gasteiger partial charge on any atom is -0.508 e. The highest BCUT2D eigenvalue weighted by molar-refractivity contribution is 5.76. The number of phenolic OH excluding ortho intramolecular Hbond substituents is 10. The molecule has 12 heteroatoms. The largest absolute Gasteiger partial charge is 0.508 e. The molecule has 8 aromatic rings. The van der Waals surface area contributed by atoms with E-state index in [1.54, 1.807) is 121 Å². The molecule has 68 heavy (non-hydrogen) atoms. The molecule has 0 unspecified atom stereocenters. The van der Waals surface area contributed by atoms with E-state index in [9.17, 15) is 51.1 Å². The molecular weight excluding hydrogens is 865 g/mol. The molecule has 0 aromatic heterocycles. The summed E-state index contributed by atoms with van der Waals surface area (Å²) in [5.74, 6) is -4.30. The van der Waals surface area contributed by atoms with Crippen LogP contribution in [0.15, 0.2) is 146 Å². The molecule has 338 valence electrons. The minimum absolute atomic E-state index is 0.0177. The fourth-order valence-corrected chi connectivity index (χ4v) is 12.0. The topological polar surface area (TPSA) is 221 Å². The van der Waals surface area contributed by atoms with Crippen LogP contribution in [0.1, 0.15) is 114 Å². The zero-order chi connectivity index (χ0) is 46.9. The summed E-state index contributed by atoms with van der Waals surface area (Å²) >= 11 is 0. The van der Waals surface area contributed by atoms with Crippen molar-refractivity contribution in [3.8, 4) is 69.0 Å². The van der Waals surface area contributed by atoms with Gasteiger partial charge in [-0.1, -0.05) is 48.5 Å². The summed E-state index contributed by atoms with van der Waals surface area (Å²) in [6.07, 6.45) is -1.61. The van der Waals surface area contributed by atoms with E-state index >= 15 is 0 Å². The normalized spacial score (nSPS) is 22.6. The van der Waals surface area contributed by atoms with Crippen LogP contribution in [0.5, 0.6) is 69.0 Å². The van der Waals surface area contributed by atoms with E-state index in [-0.39, 0.29) is 57.5 Å². The summed E-state index contributed by atoms with van der Waals surface area (Å²) in [6, 6.07) is 38.6. The van der Waals surface area contributed by atoms with E-state index in [0.29, 0.717) is 72.7 Å². The van der Waals surface area contributed by atoms with Crippen LogP contribution in [-0.4, -0.2) is 51.1 Å². The summed E-state index contributed by atoms with van der Waals surface area (Å²) < 4.78 is 13.8. The third kappa shape index (κ3) is 6.20. The summed E-state index contributed by atoms with van der Waals surface area (Å²) in [6.45, 7) is 0. The Hall–Kier alpha value is -8.64. The number of rotatable bonds is 6. The molecule has 0 saturated heterocycles. The first kappa shape index (κ1) is 40.8. The van der Waals surface area contributed by atoms with E-state index in [1.807, 2.05) is 12.1 Å². The third-order valence-electron chi connectivity index (χ3n) is 14.4. The lowest BCUT2D eigenvalue weighted by atomic mass is 9.60. The van der Waals surface area contributed by atoms with Crippen LogP contribution >= 0.6 is 0 Å². The van der Waals surface area contributed by atoms with Gasteiger partial charge in [-0.05, 0) is 117 Å². The van der Waals surface area contributed by atoms with Crippen LogP contribution < -0.4 is 9.47 Å². The number of hydrogen-bond donors (Lipinski definition) is 10. The van der Waals surface area contributed by atoms with Gasteiger partial charge in [-0.25, -0.2) is 0 Å². The van der Waals surface area contributed by atoms with Crippen molar-refractivity contribution in [1.29, 1.82) is 0 Å². The van der Waals surface area contributed by atoms with Gasteiger partial charge in [0.25, 0.3) is 0 Å². The van der Waals surface area contributed by atoms with Crippen LogP contribution in [0.2, 0.25) is 0 Å². The quantitative estimate of drug-likeness (QED) is 0.0753. The van der Waals surface area contributed by atoms with Gasteiger partial charge in [-0.2, -0.15) is 0 Å². The smallest absolute Gasteiger partial charge is 0.135 e. The SMILES string of the molecule is Oc1ccc([C@H]2c3c(O)cc4c(c3[C@@H]3c5c(O)cc6c(c5[C@H]2[C@@H]3c2ccc(O)cc2)[C@@H](c2cc(O)cc(O)c2)[C@H](c2ccc(O)cc2)O6)[C@@H](c2cc(O)cc(O)c2)[C@H](c2ccc(O)cc2)O4)cc1. The van der Waals surface area contributed by atoms with Gasteiger partial charge in [-0.15, -0.1) is 0 Å². The summed E-state index contributed by atoms with van der Waals surface area (Å²) in [5.41, 5.74) is 7.46. The molecule has 8 aromatic carbocycles. The predicted molar refractivity (Wildman–Crippen MR) is 248 cm³/mol. The maximum Gasteiger partial charge on any atom is 0.135 e. The lowest BCUT2D eigenvalue weighted by Crippen LogP contribution is -2.28. The van der Waals surface area contributed by atoms with Gasteiger partial charge < -0.3 is 60.5 Å². The Morgan fingerprint density at radius 2 is 0.603 bits per heavy atom. The highest BCUT2D eigenvalue weighted by atomic mass is 16.5. The van der Waals surface area contributed by atoms with Crippen LogP contribution in [-0.2, 0) is 0 Å². The lowest BCUT2D eigenvalue weighted by Gasteiger charge is -2.41. The van der Waals surface area contributed by atoms with Gasteiger partial charge in [0, 0.05) is 70.2 Å². The van der Waals surface area contributed by atoms with Crippen LogP contribution in [0, 0.1) is 0 Å². The molecule has 0 spiro atoms. The van der Waals surface area contributed by atoms with Crippen LogP contribution in [0.25, 0.3) is 0 Å². The Kier molecular flexibility index (Phi) is 8.97. The van der Waals surface area contributed by atoms with E-state index in [4.69, 9.17) is 9.47 Å². The molecule has 0 radical (unpaired) electrons. The lowest BCUT2D eigenvalue weighted by molar-refractivity contribution is 0.221. The van der Waals surface area contributed by atoms with Gasteiger partial charge in [-0.3, -0.25) is 0 Å². The Labute approximate surface area is 388 Å². The maximum atomic E-state index is 12.8. The number of ether oxygens (including phenoxy) is 2. The third-order valence-corrected chi connectivity index (χ3v) is 14.4. The monoisotopic (exact) mass is 906 g/mol. The molecule has 2 bridgehead atoms. The Bertz CT molecular complexity index is 3290. The first-order valence-electron chi connectivity index (χ1n) is 22.2. The molecule has 8 atom stereocenters. The summed E-state index contributed by atoms with van der Waals surface area (Å²) in [7, 11) is 0.